The summed E-state index contributed by atoms with van der Waals surface area (Å²) >= 11 is 0. The van der Waals surface area contributed by atoms with E-state index in [9.17, 15) is 8.42 Å². The monoisotopic (exact) mass is 297 g/mol. The number of aliphatic hydroxyl groups is 1. The summed E-state index contributed by atoms with van der Waals surface area (Å²) in [5, 5.41) is 11.7. The summed E-state index contributed by atoms with van der Waals surface area (Å²) in [6.07, 6.45) is 0. The number of guanidine groups is 1. The van der Waals surface area contributed by atoms with Crippen molar-refractivity contribution in [3.63, 3.8) is 0 Å². The number of aliphatic hydroxyl groups excluding tert-OH is 1. The topological polar surface area (TPSA) is 90.8 Å². The summed E-state index contributed by atoms with van der Waals surface area (Å²) in [5.74, 6) is 0.134. The zero-order valence-electron chi connectivity index (χ0n) is 11.8. The number of anilines is 1. The molecule has 6 nitrogen and oxygen atoms in total. The van der Waals surface area contributed by atoms with Crippen LogP contribution in [0.2, 0.25) is 0 Å². The normalized spacial score (nSPS) is 19.1. The molecule has 0 aliphatic carbocycles. The van der Waals surface area contributed by atoms with Gasteiger partial charge in [0.15, 0.2) is 0 Å². The van der Waals surface area contributed by atoms with Crippen LogP contribution in [-0.2, 0) is 15.4 Å². The van der Waals surface area contributed by atoms with Gasteiger partial charge < -0.3 is 10.4 Å². The lowest BCUT2D eigenvalue weighted by Gasteiger charge is -2.25. The van der Waals surface area contributed by atoms with Crippen LogP contribution in [0.5, 0.6) is 0 Å². The standard InChI is InChI=1S/C13H19N3O3S/c1-13(2,3)9-4-5-10-11(8-9)20(18,19)16-12(15-10)14-6-7-17/h4-5,8,17H,6-7H2,1-3H3,(H2,14,15,16). The highest BCUT2D eigenvalue weighted by Gasteiger charge is 2.28. The largest absolute Gasteiger partial charge is 0.394 e. The molecule has 0 amide bonds. The minimum absolute atomic E-state index is 0.129. The van der Waals surface area contributed by atoms with E-state index in [2.05, 4.69) is 15.0 Å². The van der Waals surface area contributed by atoms with E-state index >= 15 is 0 Å². The van der Waals surface area contributed by atoms with Gasteiger partial charge in [-0.2, -0.15) is 0 Å². The predicted molar refractivity (Wildman–Crippen MR) is 78.5 cm³/mol. The smallest absolute Gasteiger partial charge is 0.266 e. The second-order valence-corrected chi connectivity index (χ2v) is 7.30. The number of benzene rings is 1. The maximum absolute atomic E-state index is 12.2. The fourth-order valence-electron chi connectivity index (χ4n) is 1.88. The van der Waals surface area contributed by atoms with Crippen molar-refractivity contribution < 1.29 is 13.5 Å². The van der Waals surface area contributed by atoms with Gasteiger partial charge in [-0.15, -0.1) is 0 Å². The van der Waals surface area contributed by atoms with Crippen molar-refractivity contribution in [3.05, 3.63) is 23.8 Å². The SMILES string of the molecule is CC(C)(C)c1ccc2c(c1)S(=O)(=O)NC(=NCCO)N2. The zero-order valence-corrected chi connectivity index (χ0v) is 12.6. The van der Waals surface area contributed by atoms with Gasteiger partial charge in [-0.1, -0.05) is 26.8 Å². The first kappa shape index (κ1) is 14.8. The molecule has 0 spiro atoms. The number of nitrogens with zero attached hydrogens (tertiary/aromatic N) is 1. The van der Waals surface area contributed by atoms with Gasteiger partial charge in [0.1, 0.15) is 4.90 Å². The van der Waals surface area contributed by atoms with Gasteiger partial charge in [-0.25, -0.2) is 18.1 Å². The van der Waals surface area contributed by atoms with Crippen molar-refractivity contribution in [1.29, 1.82) is 0 Å². The zero-order chi connectivity index (χ0) is 15.0. The van der Waals surface area contributed by atoms with Crippen molar-refractivity contribution in [2.75, 3.05) is 18.5 Å². The van der Waals surface area contributed by atoms with Crippen LogP contribution < -0.4 is 10.0 Å². The first-order chi connectivity index (χ1) is 9.24. The van der Waals surface area contributed by atoms with Gasteiger partial charge in [-0.05, 0) is 23.1 Å². The molecular formula is C13H19N3O3S. The van der Waals surface area contributed by atoms with E-state index < -0.39 is 10.0 Å². The maximum Gasteiger partial charge on any atom is 0.266 e. The Morgan fingerprint density at radius 3 is 2.60 bits per heavy atom. The number of nitrogens with one attached hydrogen (secondary N) is 2. The Balaban J connectivity index is 2.47. The number of fused-ring (bicyclic) bond motifs is 1. The summed E-state index contributed by atoms with van der Waals surface area (Å²) < 4.78 is 26.8. The van der Waals surface area contributed by atoms with Gasteiger partial charge in [0.2, 0.25) is 5.96 Å². The molecule has 20 heavy (non-hydrogen) atoms. The summed E-state index contributed by atoms with van der Waals surface area (Å²) in [6, 6.07) is 5.31. The molecule has 2 rings (SSSR count). The molecule has 0 saturated carbocycles. The van der Waals surface area contributed by atoms with Crippen LogP contribution in [0.4, 0.5) is 5.69 Å². The Morgan fingerprint density at radius 2 is 2.00 bits per heavy atom. The van der Waals surface area contributed by atoms with Crippen LogP contribution >= 0.6 is 0 Å². The third kappa shape index (κ3) is 2.94. The lowest BCUT2D eigenvalue weighted by Crippen LogP contribution is -2.41. The molecule has 0 aromatic heterocycles. The molecule has 1 aromatic rings. The summed E-state index contributed by atoms with van der Waals surface area (Å²) in [6.45, 7) is 6.08. The highest BCUT2D eigenvalue weighted by molar-refractivity contribution is 7.90. The maximum atomic E-state index is 12.2. The van der Waals surface area contributed by atoms with Crippen LogP contribution in [0, 0.1) is 0 Å². The minimum atomic E-state index is -3.63. The molecule has 7 heteroatoms. The highest BCUT2D eigenvalue weighted by atomic mass is 32.2. The third-order valence-electron chi connectivity index (χ3n) is 2.99. The quantitative estimate of drug-likeness (QED) is 0.760. The predicted octanol–water partition coefficient (Wildman–Crippen LogP) is 1.04. The third-order valence-corrected chi connectivity index (χ3v) is 4.37. The molecule has 1 aliphatic heterocycles. The van der Waals surface area contributed by atoms with Crippen molar-refractivity contribution in [3.8, 4) is 0 Å². The number of hydrogen-bond donors (Lipinski definition) is 3. The molecule has 1 heterocycles. The second kappa shape index (κ2) is 5.06. The van der Waals surface area contributed by atoms with Crippen LogP contribution in [0.25, 0.3) is 0 Å². The molecular weight excluding hydrogens is 278 g/mol. The van der Waals surface area contributed by atoms with E-state index in [1.165, 1.54) is 0 Å². The van der Waals surface area contributed by atoms with E-state index in [-0.39, 0.29) is 29.4 Å². The van der Waals surface area contributed by atoms with Crippen LogP contribution in [0.15, 0.2) is 28.1 Å². The number of rotatable bonds is 2. The van der Waals surface area contributed by atoms with Gasteiger partial charge in [-0.3, -0.25) is 0 Å². The molecule has 3 N–H and O–H groups in total. The van der Waals surface area contributed by atoms with Gasteiger partial charge in [0, 0.05) is 0 Å². The summed E-state index contributed by atoms with van der Waals surface area (Å²) in [4.78, 5) is 4.15. The van der Waals surface area contributed by atoms with Crippen molar-refractivity contribution in [2.45, 2.75) is 31.1 Å². The van der Waals surface area contributed by atoms with Crippen LogP contribution in [-0.4, -0.2) is 32.6 Å². The molecule has 0 bridgehead atoms. The van der Waals surface area contributed by atoms with Gasteiger partial charge in [0.25, 0.3) is 10.0 Å². The van der Waals surface area contributed by atoms with E-state index in [1.807, 2.05) is 26.8 Å². The van der Waals surface area contributed by atoms with E-state index in [0.29, 0.717) is 5.69 Å². The van der Waals surface area contributed by atoms with Crippen molar-refractivity contribution in [2.24, 2.45) is 4.99 Å². The Bertz CT molecular complexity index is 645. The van der Waals surface area contributed by atoms with Crippen LogP contribution in [0.3, 0.4) is 0 Å². The van der Waals surface area contributed by atoms with E-state index in [0.717, 1.165) is 5.56 Å². The van der Waals surface area contributed by atoms with Crippen molar-refractivity contribution >= 4 is 21.7 Å². The van der Waals surface area contributed by atoms with E-state index in [4.69, 9.17) is 5.11 Å². The van der Waals surface area contributed by atoms with E-state index in [1.54, 1.807) is 12.1 Å². The number of aliphatic imine (C=N–C) groups is 1. The average molecular weight is 297 g/mol. The molecule has 0 saturated heterocycles. The molecule has 1 aromatic carbocycles. The fourth-order valence-corrected chi connectivity index (χ4v) is 3.05. The van der Waals surface area contributed by atoms with Crippen LogP contribution in [0.1, 0.15) is 26.3 Å². The fraction of sp³-hybridized carbons (Fsp3) is 0.462. The lowest BCUT2D eigenvalue weighted by molar-refractivity contribution is 0.307. The Kier molecular flexibility index (Phi) is 3.75. The summed E-state index contributed by atoms with van der Waals surface area (Å²) in [7, 11) is -3.63. The molecule has 0 unspecified atom stereocenters. The first-order valence-corrected chi connectivity index (χ1v) is 7.82. The summed E-state index contributed by atoms with van der Waals surface area (Å²) in [5.41, 5.74) is 1.31. The number of hydrogen-bond acceptors (Lipinski definition) is 4. The molecule has 0 radical (unpaired) electrons. The molecule has 0 atom stereocenters. The Labute approximate surface area is 119 Å². The lowest BCUT2D eigenvalue weighted by atomic mass is 9.87. The molecule has 110 valence electrons. The molecule has 1 aliphatic rings. The second-order valence-electron chi connectivity index (χ2n) is 5.65. The average Bonchev–Trinajstić information content (AvgIpc) is 2.34. The minimum Gasteiger partial charge on any atom is -0.394 e. The Hall–Kier alpha value is -1.60. The number of sulfonamides is 1. The Morgan fingerprint density at radius 1 is 1.30 bits per heavy atom. The molecule has 0 fully saturated rings. The highest BCUT2D eigenvalue weighted by Crippen LogP contribution is 2.31. The van der Waals surface area contributed by atoms with Crippen molar-refractivity contribution in [1.82, 2.24) is 4.72 Å². The first-order valence-electron chi connectivity index (χ1n) is 6.34. The van der Waals surface area contributed by atoms with Gasteiger partial charge >= 0.3 is 0 Å². The van der Waals surface area contributed by atoms with Gasteiger partial charge in [0.05, 0.1) is 18.8 Å².